The van der Waals surface area contributed by atoms with Gasteiger partial charge in [0, 0.05) is 17.7 Å². The SMILES string of the molecule is COc1ccc(-c2c(OC(=O)O)n(Cc3ccc4nsnc4c3)c3cc(OC)c(OC(C)C)c(OC)c23)c(OCC(=O)O)c1. The molecule has 5 aromatic rings. The summed E-state index contributed by atoms with van der Waals surface area (Å²) in [6.07, 6.45) is -1.84. The standard InChI is InChI=1S/C30H29N3O10S/c1-15(2)42-27-23(39-4)12-21-26(28(27)40-5)25(18-8-7-17(38-3)11-22(18)41-14-24(34)35)29(43-30(36)37)33(21)13-16-6-9-19-20(10-16)32-44-31-19/h6-12,15H,13-14H2,1-5H3,(H,34,35)(H,36,37). The molecule has 0 aliphatic carbocycles. The van der Waals surface area contributed by atoms with Crippen molar-refractivity contribution in [3.63, 3.8) is 0 Å². The molecule has 2 N–H and O–H groups in total. The molecule has 2 aromatic heterocycles. The summed E-state index contributed by atoms with van der Waals surface area (Å²) in [5.41, 5.74) is 3.27. The predicted molar refractivity (Wildman–Crippen MR) is 161 cm³/mol. The van der Waals surface area contributed by atoms with Gasteiger partial charge in [0.15, 0.2) is 18.1 Å². The van der Waals surface area contributed by atoms with Crippen molar-refractivity contribution in [1.82, 2.24) is 13.3 Å². The largest absolute Gasteiger partial charge is 0.512 e. The minimum atomic E-state index is -1.57. The molecule has 0 bridgehead atoms. The van der Waals surface area contributed by atoms with Gasteiger partial charge in [-0.25, -0.2) is 9.59 Å². The van der Waals surface area contributed by atoms with Crippen LogP contribution >= 0.6 is 11.7 Å². The Kier molecular flexibility index (Phi) is 8.62. The number of benzene rings is 3. The maximum atomic E-state index is 12.2. The topological polar surface area (TPSA) is 161 Å². The first-order valence-corrected chi connectivity index (χ1v) is 14.0. The summed E-state index contributed by atoms with van der Waals surface area (Å²) >= 11 is 1.09. The van der Waals surface area contributed by atoms with E-state index in [9.17, 15) is 19.8 Å². The fourth-order valence-electron chi connectivity index (χ4n) is 4.90. The zero-order valence-corrected chi connectivity index (χ0v) is 25.3. The number of hydrogen-bond donors (Lipinski definition) is 2. The van der Waals surface area contributed by atoms with E-state index in [1.54, 1.807) is 22.8 Å². The van der Waals surface area contributed by atoms with Gasteiger partial charge in [-0.3, -0.25) is 0 Å². The van der Waals surface area contributed by atoms with Crippen LogP contribution in [0.1, 0.15) is 19.4 Å². The van der Waals surface area contributed by atoms with Gasteiger partial charge >= 0.3 is 12.1 Å². The smallest absolute Gasteiger partial charge is 0.497 e. The molecule has 0 radical (unpaired) electrons. The molecule has 0 fully saturated rings. The Morgan fingerprint density at radius 1 is 0.909 bits per heavy atom. The summed E-state index contributed by atoms with van der Waals surface area (Å²) in [4.78, 5) is 23.7. The van der Waals surface area contributed by atoms with Crippen molar-refractivity contribution in [3.05, 3.63) is 48.0 Å². The van der Waals surface area contributed by atoms with Gasteiger partial charge in [-0.2, -0.15) is 8.75 Å². The minimum absolute atomic E-state index is 0.0728. The molecule has 0 saturated heterocycles. The van der Waals surface area contributed by atoms with Crippen LogP contribution in [0.15, 0.2) is 42.5 Å². The summed E-state index contributed by atoms with van der Waals surface area (Å²) in [6, 6.07) is 12.0. The molecule has 0 unspecified atom stereocenters. The average molecular weight is 624 g/mol. The first kappa shape index (κ1) is 30.2. The van der Waals surface area contributed by atoms with Gasteiger partial charge in [0.25, 0.3) is 0 Å². The number of carbonyl (C=O) groups is 2. The van der Waals surface area contributed by atoms with Crippen LogP contribution in [-0.4, -0.2) is 69.7 Å². The van der Waals surface area contributed by atoms with Crippen LogP contribution in [0.5, 0.6) is 34.6 Å². The summed E-state index contributed by atoms with van der Waals surface area (Å²) < 4.78 is 44.5. The third-order valence-electron chi connectivity index (χ3n) is 6.61. The number of ether oxygens (including phenoxy) is 6. The highest BCUT2D eigenvalue weighted by molar-refractivity contribution is 7.00. The normalized spacial score (nSPS) is 11.1. The van der Waals surface area contributed by atoms with Crippen LogP contribution < -0.4 is 28.4 Å². The van der Waals surface area contributed by atoms with E-state index in [1.807, 2.05) is 32.0 Å². The van der Waals surface area contributed by atoms with Crippen molar-refractivity contribution >= 4 is 45.8 Å². The number of aliphatic carboxylic acids is 1. The third kappa shape index (κ3) is 5.83. The van der Waals surface area contributed by atoms with Gasteiger partial charge in [0.05, 0.1) is 62.2 Å². The third-order valence-corrected chi connectivity index (χ3v) is 7.17. The van der Waals surface area contributed by atoms with Gasteiger partial charge in [-0.05, 0) is 43.7 Å². The van der Waals surface area contributed by atoms with Crippen molar-refractivity contribution in [2.45, 2.75) is 26.5 Å². The molecule has 0 saturated carbocycles. The Hall–Kier alpha value is -5.24. The second-order valence-electron chi connectivity index (χ2n) is 9.77. The number of carboxylic acids is 1. The molecule has 13 nitrogen and oxygen atoms in total. The molecule has 0 atom stereocenters. The number of carboxylic acid groups (broad SMARTS) is 2. The highest BCUT2D eigenvalue weighted by atomic mass is 32.1. The second kappa shape index (κ2) is 12.6. The van der Waals surface area contributed by atoms with Crippen molar-refractivity contribution in [2.24, 2.45) is 0 Å². The number of aromatic nitrogens is 3. The van der Waals surface area contributed by atoms with E-state index in [0.29, 0.717) is 33.5 Å². The first-order chi connectivity index (χ1) is 21.1. The van der Waals surface area contributed by atoms with E-state index in [0.717, 1.165) is 22.8 Å². The van der Waals surface area contributed by atoms with Crippen LogP contribution in [-0.2, 0) is 11.3 Å². The number of hydrogen-bond acceptors (Lipinski definition) is 11. The summed E-state index contributed by atoms with van der Waals surface area (Å²) in [5.74, 6) is 0.0970. The predicted octanol–water partition coefficient (Wildman–Crippen LogP) is 5.69. The number of fused-ring (bicyclic) bond motifs is 2. The molecule has 0 aliphatic rings. The lowest BCUT2D eigenvalue weighted by atomic mass is 10.0. The lowest BCUT2D eigenvalue weighted by Gasteiger charge is -2.19. The second-order valence-corrected chi connectivity index (χ2v) is 10.3. The molecule has 0 amide bonds. The Labute approximate surface area is 255 Å². The number of rotatable bonds is 12. The summed E-state index contributed by atoms with van der Waals surface area (Å²) in [5, 5.41) is 19.7. The van der Waals surface area contributed by atoms with Gasteiger partial charge in [-0.1, -0.05) is 6.07 Å². The summed E-state index contributed by atoms with van der Waals surface area (Å²) in [6.45, 7) is 3.17. The Bertz CT molecular complexity index is 1860. The molecule has 44 heavy (non-hydrogen) atoms. The molecule has 5 rings (SSSR count). The lowest BCUT2D eigenvalue weighted by Crippen LogP contribution is -2.11. The fourth-order valence-corrected chi connectivity index (χ4v) is 5.42. The van der Waals surface area contributed by atoms with Gasteiger partial charge in [0.2, 0.25) is 11.6 Å². The van der Waals surface area contributed by atoms with Crippen molar-refractivity contribution in [3.8, 4) is 45.8 Å². The van der Waals surface area contributed by atoms with E-state index in [4.69, 9.17) is 28.4 Å². The lowest BCUT2D eigenvalue weighted by molar-refractivity contribution is -0.139. The monoisotopic (exact) mass is 623 g/mol. The van der Waals surface area contributed by atoms with Gasteiger partial charge in [-0.15, -0.1) is 0 Å². The van der Waals surface area contributed by atoms with E-state index in [2.05, 4.69) is 8.75 Å². The van der Waals surface area contributed by atoms with E-state index in [1.165, 1.54) is 27.4 Å². The maximum Gasteiger partial charge on any atom is 0.512 e. The van der Waals surface area contributed by atoms with Gasteiger partial charge < -0.3 is 43.2 Å². The maximum absolute atomic E-state index is 12.2. The van der Waals surface area contributed by atoms with E-state index in [-0.39, 0.29) is 41.3 Å². The highest BCUT2D eigenvalue weighted by Crippen LogP contribution is 2.53. The summed E-state index contributed by atoms with van der Waals surface area (Å²) in [7, 11) is 4.40. The number of nitrogens with zero attached hydrogens (tertiary/aromatic N) is 3. The zero-order valence-electron chi connectivity index (χ0n) is 24.4. The average Bonchev–Trinajstić information content (AvgIpc) is 3.57. The minimum Gasteiger partial charge on any atom is -0.497 e. The molecule has 2 heterocycles. The zero-order chi connectivity index (χ0) is 31.5. The molecule has 230 valence electrons. The first-order valence-electron chi connectivity index (χ1n) is 13.3. The van der Waals surface area contributed by atoms with Crippen molar-refractivity contribution < 1.29 is 48.2 Å². The van der Waals surface area contributed by atoms with E-state index >= 15 is 0 Å². The van der Waals surface area contributed by atoms with E-state index < -0.39 is 18.7 Å². The Morgan fingerprint density at radius 3 is 2.34 bits per heavy atom. The highest BCUT2D eigenvalue weighted by Gasteiger charge is 2.31. The van der Waals surface area contributed by atoms with Crippen LogP contribution in [0.4, 0.5) is 4.79 Å². The van der Waals surface area contributed by atoms with Crippen LogP contribution in [0.3, 0.4) is 0 Å². The van der Waals surface area contributed by atoms with Crippen LogP contribution in [0, 0.1) is 0 Å². The molecule has 0 aliphatic heterocycles. The molecule has 14 heteroatoms. The Balaban J connectivity index is 1.90. The van der Waals surface area contributed by atoms with Crippen molar-refractivity contribution in [2.75, 3.05) is 27.9 Å². The molecular weight excluding hydrogens is 594 g/mol. The van der Waals surface area contributed by atoms with Crippen LogP contribution in [0.25, 0.3) is 33.1 Å². The number of methoxy groups -OCH3 is 3. The Morgan fingerprint density at radius 2 is 1.68 bits per heavy atom. The molecule has 0 spiro atoms. The molecule has 3 aromatic carbocycles. The van der Waals surface area contributed by atoms with Gasteiger partial charge in [0.1, 0.15) is 22.5 Å². The van der Waals surface area contributed by atoms with Crippen LogP contribution in [0.2, 0.25) is 0 Å². The van der Waals surface area contributed by atoms with Crippen molar-refractivity contribution in [1.29, 1.82) is 0 Å². The molecular formula is C30H29N3O10S. The fraction of sp³-hybridized carbons (Fsp3) is 0.267. The quantitative estimate of drug-likeness (QED) is 0.164.